The Morgan fingerprint density at radius 2 is 1.86 bits per heavy atom. The Morgan fingerprint density at radius 3 is 1.86 bits per heavy atom. The Balaban J connectivity index is 3.79. The summed E-state index contributed by atoms with van der Waals surface area (Å²) in [5.41, 5.74) is 3.93. The molecule has 1 nitrogen and oxygen atoms in total. The van der Waals surface area contributed by atoms with Crippen molar-refractivity contribution in [2.45, 2.75) is 13.0 Å². The van der Waals surface area contributed by atoms with Gasteiger partial charge in [0, 0.05) is 5.57 Å². The van der Waals surface area contributed by atoms with Crippen LogP contribution in [0.5, 0.6) is 0 Å². The van der Waals surface area contributed by atoms with Crippen LogP contribution in [-0.4, -0.2) is 6.05 Å². The van der Waals surface area contributed by atoms with Gasteiger partial charge in [-0.25, -0.2) is 0 Å². The van der Waals surface area contributed by atoms with Crippen molar-refractivity contribution >= 4 is 0 Å². The van der Waals surface area contributed by atoms with Crippen LogP contribution in [0, 0.1) is 0 Å². The lowest BCUT2D eigenvalue weighted by Crippen LogP contribution is -2.28. The summed E-state index contributed by atoms with van der Waals surface area (Å²) < 4.78 is 23.0. The van der Waals surface area contributed by atoms with Crippen molar-refractivity contribution in [2.24, 2.45) is 5.73 Å². The lowest BCUT2D eigenvalue weighted by atomic mass is 10.3. The number of alkyl halides is 2. The summed E-state index contributed by atoms with van der Waals surface area (Å²) in [5, 5.41) is 0. The van der Waals surface area contributed by atoms with Gasteiger partial charge in [0.2, 0.25) is 0 Å². The molecule has 0 unspecified atom stereocenters. The third-order valence-corrected chi connectivity index (χ3v) is 0.569. The number of nitrogens with two attached hydrogens (primary N) is 1. The minimum atomic E-state index is -3.19. The number of rotatable bonds is 1. The van der Waals surface area contributed by atoms with Crippen molar-refractivity contribution in [3.8, 4) is 0 Å². The highest BCUT2D eigenvalue weighted by atomic mass is 19.3. The molecule has 7 heavy (non-hydrogen) atoms. The van der Waals surface area contributed by atoms with Gasteiger partial charge in [0.1, 0.15) is 0 Å². The van der Waals surface area contributed by atoms with E-state index in [1.165, 1.54) is 6.92 Å². The molecule has 0 saturated heterocycles. The van der Waals surface area contributed by atoms with Crippen LogP contribution in [0.25, 0.3) is 0 Å². The summed E-state index contributed by atoms with van der Waals surface area (Å²) in [6.07, 6.45) is 0. The van der Waals surface area contributed by atoms with E-state index >= 15 is 0 Å². The molecule has 42 valence electrons. The lowest BCUT2D eigenvalue weighted by Gasteiger charge is -2.06. The summed E-state index contributed by atoms with van der Waals surface area (Å²) in [7, 11) is 0. The predicted molar refractivity (Wildman–Crippen MR) is 23.9 cm³/mol. The standard InChI is InChI=1S/C4H7F2N/c1-3(2)4(5,6)7/h1,7H2,2H3. The van der Waals surface area contributed by atoms with E-state index in [9.17, 15) is 8.78 Å². The Kier molecular flexibility index (Phi) is 1.48. The maximum atomic E-state index is 11.5. The zero-order valence-electron chi connectivity index (χ0n) is 4.04. The number of hydrogen-bond donors (Lipinski definition) is 1. The van der Waals surface area contributed by atoms with Gasteiger partial charge in [-0.15, -0.1) is 0 Å². The van der Waals surface area contributed by atoms with Gasteiger partial charge in [-0.05, 0) is 6.92 Å². The highest BCUT2D eigenvalue weighted by Crippen LogP contribution is 2.12. The van der Waals surface area contributed by atoms with Crippen LogP contribution >= 0.6 is 0 Å². The fourth-order valence-electron chi connectivity index (χ4n) is 0. The molecule has 0 fully saturated rings. The smallest absolute Gasteiger partial charge is 0.268 e. The molecule has 0 amide bonds. The third-order valence-electron chi connectivity index (χ3n) is 0.569. The average molecular weight is 107 g/mol. The van der Waals surface area contributed by atoms with E-state index in [0.717, 1.165) is 0 Å². The molecule has 0 saturated carbocycles. The Labute approximate surface area is 40.8 Å². The van der Waals surface area contributed by atoms with Crippen LogP contribution in [0.4, 0.5) is 8.78 Å². The largest absolute Gasteiger partial charge is 0.322 e. The van der Waals surface area contributed by atoms with Gasteiger partial charge in [0.15, 0.2) is 0 Å². The second kappa shape index (κ2) is 1.58. The molecule has 0 rings (SSSR count). The van der Waals surface area contributed by atoms with Crippen molar-refractivity contribution in [3.05, 3.63) is 12.2 Å². The second-order valence-corrected chi connectivity index (χ2v) is 1.40. The first-order valence-electron chi connectivity index (χ1n) is 1.77. The minimum Gasteiger partial charge on any atom is -0.268 e. The molecule has 0 spiro atoms. The Morgan fingerprint density at radius 1 is 1.71 bits per heavy atom. The van der Waals surface area contributed by atoms with Crippen molar-refractivity contribution in [3.63, 3.8) is 0 Å². The van der Waals surface area contributed by atoms with Gasteiger partial charge in [-0.3, -0.25) is 5.73 Å². The topological polar surface area (TPSA) is 26.0 Å². The summed E-state index contributed by atoms with van der Waals surface area (Å²) in [6, 6.07) is -3.19. The molecule has 0 atom stereocenters. The van der Waals surface area contributed by atoms with E-state index in [-0.39, 0.29) is 5.57 Å². The van der Waals surface area contributed by atoms with Gasteiger partial charge in [0.05, 0.1) is 0 Å². The quantitative estimate of drug-likeness (QED) is 0.394. The Hall–Kier alpha value is -0.440. The van der Waals surface area contributed by atoms with E-state index < -0.39 is 6.05 Å². The van der Waals surface area contributed by atoms with Gasteiger partial charge >= 0.3 is 6.05 Å². The van der Waals surface area contributed by atoms with Crippen LogP contribution in [-0.2, 0) is 0 Å². The summed E-state index contributed by atoms with van der Waals surface area (Å²) >= 11 is 0. The first-order valence-corrected chi connectivity index (χ1v) is 1.77. The Bertz CT molecular complexity index is 82.2. The first-order chi connectivity index (χ1) is 2.94. The normalized spacial score (nSPS) is 11.4. The van der Waals surface area contributed by atoms with E-state index in [0.29, 0.717) is 0 Å². The molecule has 0 aromatic carbocycles. The van der Waals surface area contributed by atoms with Crippen LogP contribution in [0.3, 0.4) is 0 Å². The van der Waals surface area contributed by atoms with Crippen LogP contribution in [0.15, 0.2) is 12.2 Å². The molecule has 3 heteroatoms. The fourth-order valence-corrected chi connectivity index (χ4v) is 0. The van der Waals surface area contributed by atoms with Crippen molar-refractivity contribution < 1.29 is 8.78 Å². The zero-order chi connectivity index (χ0) is 6.08. The zero-order valence-corrected chi connectivity index (χ0v) is 4.04. The highest BCUT2D eigenvalue weighted by Gasteiger charge is 2.21. The number of halogens is 2. The maximum absolute atomic E-state index is 11.5. The van der Waals surface area contributed by atoms with Gasteiger partial charge in [-0.1, -0.05) is 6.58 Å². The number of hydrogen-bond acceptors (Lipinski definition) is 1. The van der Waals surface area contributed by atoms with Crippen molar-refractivity contribution in [1.29, 1.82) is 0 Å². The van der Waals surface area contributed by atoms with Crippen molar-refractivity contribution in [1.82, 2.24) is 0 Å². The van der Waals surface area contributed by atoms with Crippen LogP contribution in [0.2, 0.25) is 0 Å². The van der Waals surface area contributed by atoms with E-state index in [4.69, 9.17) is 0 Å². The minimum absolute atomic E-state index is 0.312. The van der Waals surface area contributed by atoms with E-state index in [1.807, 2.05) is 0 Å². The monoisotopic (exact) mass is 107 g/mol. The molecule has 0 aliphatic rings. The molecule has 0 aromatic rings. The summed E-state index contributed by atoms with van der Waals surface area (Å²) in [6.45, 7) is 4.13. The average Bonchev–Trinajstić information content (AvgIpc) is 1.31. The summed E-state index contributed by atoms with van der Waals surface area (Å²) in [5.74, 6) is 0. The second-order valence-electron chi connectivity index (χ2n) is 1.40. The van der Waals surface area contributed by atoms with Gasteiger partial charge in [-0.2, -0.15) is 8.78 Å². The molecule has 0 radical (unpaired) electrons. The molecule has 0 aliphatic carbocycles. The first kappa shape index (κ1) is 6.56. The molecular weight excluding hydrogens is 100 g/mol. The molecule has 2 N–H and O–H groups in total. The molecule has 0 aliphatic heterocycles. The molecular formula is C4H7F2N. The van der Waals surface area contributed by atoms with E-state index in [1.54, 1.807) is 0 Å². The SMILES string of the molecule is C=C(C)C(N)(F)F. The summed E-state index contributed by atoms with van der Waals surface area (Å²) in [4.78, 5) is 0. The third kappa shape index (κ3) is 2.28. The fraction of sp³-hybridized carbons (Fsp3) is 0.500. The molecule has 0 heterocycles. The predicted octanol–water partition coefficient (Wildman–Crippen LogP) is 1.11. The van der Waals surface area contributed by atoms with Crippen LogP contribution < -0.4 is 5.73 Å². The van der Waals surface area contributed by atoms with E-state index in [2.05, 4.69) is 12.3 Å². The molecule has 0 bridgehead atoms. The van der Waals surface area contributed by atoms with Crippen molar-refractivity contribution in [2.75, 3.05) is 0 Å². The molecule has 0 aromatic heterocycles. The van der Waals surface area contributed by atoms with Gasteiger partial charge < -0.3 is 0 Å². The highest BCUT2D eigenvalue weighted by molar-refractivity contribution is 4.99. The van der Waals surface area contributed by atoms with Gasteiger partial charge in [0.25, 0.3) is 0 Å². The lowest BCUT2D eigenvalue weighted by molar-refractivity contribution is 0.0499. The maximum Gasteiger partial charge on any atom is 0.322 e. The van der Waals surface area contributed by atoms with Crippen LogP contribution in [0.1, 0.15) is 6.92 Å².